The van der Waals surface area contributed by atoms with Crippen LogP contribution in [0.4, 0.5) is 10.1 Å². The van der Waals surface area contributed by atoms with Gasteiger partial charge in [0, 0.05) is 17.8 Å². The molecule has 1 heterocycles. The van der Waals surface area contributed by atoms with E-state index in [2.05, 4.69) is 27.4 Å². The Hall–Kier alpha value is -3.46. The van der Waals surface area contributed by atoms with Crippen LogP contribution in [-0.2, 0) is 17.9 Å². The van der Waals surface area contributed by atoms with Crippen molar-refractivity contribution in [2.45, 2.75) is 18.2 Å². The van der Waals surface area contributed by atoms with Crippen molar-refractivity contribution < 1.29 is 14.0 Å². The van der Waals surface area contributed by atoms with Gasteiger partial charge in [-0.05, 0) is 36.4 Å². The van der Waals surface area contributed by atoms with Gasteiger partial charge in [0.2, 0.25) is 5.91 Å². The molecule has 3 aromatic rings. The summed E-state index contributed by atoms with van der Waals surface area (Å²) >= 11 is 1.24. The summed E-state index contributed by atoms with van der Waals surface area (Å²) in [5, 5.41) is 14.3. The minimum Gasteiger partial charge on any atom is -0.345 e. The highest BCUT2D eigenvalue weighted by atomic mass is 32.2. The number of carbonyl (C=O) groups excluding carboxylic acids is 2. The first-order chi connectivity index (χ1) is 14.6. The molecule has 9 heteroatoms. The maximum Gasteiger partial charge on any atom is 0.251 e. The Balaban J connectivity index is 1.60. The number of amides is 2. The fourth-order valence-electron chi connectivity index (χ4n) is 2.58. The van der Waals surface area contributed by atoms with E-state index in [0.717, 1.165) is 5.69 Å². The molecule has 2 amide bonds. The van der Waals surface area contributed by atoms with Crippen molar-refractivity contribution in [3.63, 3.8) is 0 Å². The molecule has 1 aromatic heterocycles. The lowest BCUT2D eigenvalue weighted by Crippen LogP contribution is -2.25. The van der Waals surface area contributed by atoms with Crippen LogP contribution in [0.5, 0.6) is 0 Å². The molecule has 0 aliphatic carbocycles. The normalized spacial score (nSPS) is 10.4. The van der Waals surface area contributed by atoms with E-state index in [1.54, 1.807) is 10.6 Å². The maximum absolute atomic E-state index is 13.0. The van der Waals surface area contributed by atoms with E-state index in [1.807, 2.05) is 30.3 Å². The number of benzene rings is 2. The number of rotatable bonds is 9. The summed E-state index contributed by atoms with van der Waals surface area (Å²) in [7, 11) is 0. The molecular formula is C21H20FN5O2S. The first-order valence-electron chi connectivity index (χ1n) is 9.11. The van der Waals surface area contributed by atoms with E-state index in [0.29, 0.717) is 23.1 Å². The van der Waals surface area contributed by atoms with Crippen LogP contribution >= 0.6 is 11.8 Å². The van der Waals surface area contributed by atoms with Crippen LogP contribution in [0.1, 0.15) is 16.2 Å². The predicted octanol–water partition coefficient (Wildman–Crippen LogP) is 3.26. The summed E-state index contributed by atoms with van der Waals surface area (Å²) in [5.74, 6) is -0.233. The zero-order valence-electron chi connectivity index (χ0n) is 16.0. The monoisotopic (exact) mass is 425 g/mol. The third-order valence-corrected chi connectivity index (χ3v) is 4.98. The first kappa shape index (κ1) is 21.3. The number of hydrogen-bond donors (Lipinski definition) is 2. The molecular weight excluding hydrogens is 405 g/mol. The van der Waals surface area contributed by atoms with Gasteiger partial charge in [-0.1, -0.05) is 36.0 Å². The maximum atomic E-state index is 13.0. The van der Waals surface area contributed by atoms with Crippen molar-refractivity contribution in [3.05, 3.63) is 84.5 Å². The zero-order valence-corrected chi connectivity index (χ0v) is 16.9. The van der Waals surface area contributed by atoms with Crippen LogP contribution in [0.15, 0.2) is 72.4 Å². The highest BCUT2D eigenvalue weighted by Crippen LogP contribution is 2.18. The molecule has 0 bridgehead atoms. The molecule has 0 fully saturated rings. The molecule has 2 aromatic carbocycles. The summed E-state index contributed by atoms with van der Waals surface area (Å²) in [6.45, 7) is 4.29. The second kappa shape index (κ2) is 10.4. The van der Waals surface area contributed by atoms with Crippen LogP contribution < -0.4 is 10.6 Å². The number of thioether (sulfide) groups is 1. The van der Waals surface area contributed by atoms with Crippen molar-refractivity contribution in [3.8, 4) is 0 Å². The Kier molecular flexibility index (Phi) is 7.34. The third-order valence-electron chi connectivity index (χ3n) is 4.01. The lowest BCUT2D eigenvalue weighted by Gasteiger charge is -2.09. The van der Waals surface area contributed by atoms with Gasteiger partial charge < -0.3 is 15.2 Å². The van der Waals surface area contributed by atoms with Gasteiger partial charge >= 0.3 is 0 Å². The van der Waals surface area contributed by atoms with Gasteiger partial charge in [0.15, 0.2) is 11.0 Å². The SMILES string of the molecule is C=CCn1c(CNC(=O)c2ccc(F)cc2)nnc1SCC(=O)Nc1ccccc1. The van der Waals surface area contributed by atoms with Crippen molar-refractivity contribution in [1.29, 1.82) is 0 Å². The molecule has 30 heavy (non-hydrogen) atoms. The van der Waals surface area contributed by atoms with Gasteiger partial charge in [-0.25, -0.2) is 4.39 Å². The molecule has 0 spiro atoms. The molecule has 7 nitrogen and oxygen atoms in total. The molecule has 0 aliphatic heterocycles. The molecule has 3 rings (SSSR count). The average molecular weight is 425 g/mol. The molecule has 0 atom stereocenters. The van der Waals surface area contributed by atoms with Crippen LogP contribution in [-0.4, -0.2) is 32.3 Å². The van der Waals surface area contributed by atoms with Crippen molar-refractivity contribution in [1.82, 2.24) is 20.1 Å². The molecule has 154 valence electrons. The Morgan fingerprint density at radius 2 is 1.83 bits per heavy atom. The van der Waals surface area contributed by atoms with Crippen molar-refractivity contribution >= 4 is 29.3 Å². The van der Waals surface area contributed by atoms with E-state index in [1.165, 1.54) is 36.0 Å². The number of aromatic nitrogens is 3. The smallest absolute Gasteiger partial charge is 0.251 e. The Bertz CT molecular complexity index is 1020. The number of nitrogens with zero attached hydrogens (tertiary/aromatic N) is 3. The standard InChI is InChI=1S/C21H20FN5O2S/c1-2-12-27-18(13-23-20(29)15-8-10-16(22)11-9-15)25-26-21(27)30-14-19(28)24-17-6-4-3-5-7-17/h2-11H,1,12-14H2,(H,23,29)(H,24,28). The largest absolute Gasteiger partial charge is 0.345 e. The number of anilines is 1. The van der Waals surface area contributed by atoms with Crippen molar-refractivity contribution in [2.24, 2.45) is 0 Å². The molecule has 0 aliphatic rings. The summed E-state index contributed by atoms with van der Waals surface area (Å²) in [5.41, 5.74) is 1.07. The summed E-state index contributed by atoms with van der Waals surface area (Å²) in [6.07, 6.45) is 1.68. The Labute approximate surface area is 177 Å². The van der Waals surface area contributed by atoms with Gasteiger partial charge in [0.05, 0.1) is 12.3 Å². The first-order valence-corrected chi connectivity index (χ1v) is 10.1. The number of allylic oxidation sites excluding steroid dienone is 1. The zero-order chi connectivity index (χ0) is 21.3. The number of para-hydroxylation sites is 1. The van der Waals surface area contributed by atoms with E-state index < -0.39 is 5.82 Å². The van der Waals surface area contributed by atoms with Crippen LogP contribution in [0.25, 0.3) is 0 Å². The number of halogens is 1. The topological polar surface area (TPSA) is 88.9 Å². The van der Waals surface area contributed by atoms with E-state index in [4.69, 9.17) is 0 Å². The average Bonchev–Trinajstić information content (AvgIpc) is 3.13. The Morgan fingerprint density at radius 1 is 1.10 bits per heavy atom. The fourth-order valence-corrected chi connectivity index (χ4v) is 3.35. The minimum absolute atomic E-state index is 0.133. The molecule has 0 radical (unpaired) electrons. The summed E-state index contributed by atoms with van der Waals surface area (Å²) in [6, 6.07) is 14.5. The van der Waals surface area contributed by atoms with Crippen molar-refractivity contribution in [2.75, 3.05) is 11.1 Å². The van der Waals surface area contributed by atoms with Gasteiger partial charge in [-0.2, -0.15) is 0 Å². The molecule has 0 unspecified atom stereocenters. The second-order valence-electron chi connectivity index (χ2n) is 6.19. The predicted molar refractivity (Wildman–Crippen MR) is 114 cm³/mol. The summed E-state index contributed by atoms with van der Waals surface area (Å²) < 4.78 is 14.8. The number of nitrogens with one attached hydrogen (secondary N) is 2. The molecule has 2 N–H and O–H groups in total. The molecule has 0 saturated heterocycles. The van der Waals surface area contributed by atoms with Gasteiger partial charge in [-0.3, -0.25) is 9.59 Å². The van der Waals surface area contributed by atoms with E-state index in [-0.39, 0.29) is 24.1 Å². The van der Waals surface area contributed by atoms with Gasteiger partial charge in [0.1, 0.15) is 5.82 Å². The van der Waals surface area contributed by atoms with Crippen LogP contribution in [0, 0.1) is 5.82 Å². The highest BCUT2D eigenvalue weighted by Gasteiger charge is 2.15. The van der Waals surface area contributed by atoms with Gasteiger partial charge in [0.25, 0.3) is 5.91 Å². The molecule has 0 saturated carbocycles. The lowest BCUT2D eigenvalue weighted by molar-refractivity contribution is -0.113. The van der Waals surface area contributed by atoms with E-state index >= 15 is 0 Å². The van der Waals surface area contributed by atoms with Gasteiger partial charge in [-0.15, -0.1) is 16.8 Å². The number of carbonyl (C=O) groups is 2. The Morgan fingerprint density at radius 3 is 2.53 bits per heavy atom. The summed E-state index contributed by atoms with van der Waals surface area (Å²) in [4.78, 5) is 24.4. The highest BCUT2D eigenvalue weighted by molar-refractivity contribution is 7.99. The van der Waals surface area contributed by atoms with Crippen LogP contribution in [0.2, 0.25) is 0 Å². The fraction of sp³-hybridized carbons (Fsp3) is 0.143. The lowest BCUT2D eigenvalue weighted by atomic mass is 10.2. The minimum atomic E-state index is -0.407. The third kappa shape index (κ3) is 5.77. The number of hydrogen-bond acceptors (Lipinski definition) is 5. The van der Waals surface area contributed by atoms with E-state index in [9.17, 15) is 14.0 Å². The van der Waals surface area contributed by atoms with Crippen LogP contribution in [0.3, 0.4) is 0 Å². The quantitative estimate of drug-likeness (QED) is 0.406. The second-order valence-corrected chi connectivity index (χ2v) is 7.13.